The van der Waals surface area contributed by atoms with E-state index in [0.29, 0.717) is 5.82 Å². The molecule has 0 fully saturated rings. The van der Waals surface area contributed by atoms with Gasteiger partial charge in [0, 0.05) is 10.4 Å². The summed E-state index contributed by atoms with van der Waals surface area (Å²) < 4.78 is 4.12. The van der Waals surface area contributed by atoms with E-state index in [1.54, 1.807) is 11.3 Å². The molecule has 0 aromatic carbocycles. The number of aryl methyl sites for hydroxylation is 1. The molecule has 0 aliphatic carbocycles. The van der Waals surface area contributed by atoms with Gasteiger partial charge in [0.25, 0.3) is 0 Å². The highest BCUT2D eigenvalue weighted by molar-refractivity contribution is 7.11. The molecule has 3 N–H and O–H groups in total. The molecule has 2 aromatic rings. The summed E-state index contributed by atoms with van der Waals surface area (Å²) in [6.07, 6.45) is 1.09. The molecule has 2 rings (SSSR count). The van der Waals surface area contributed by atoms with Gasteiger partial charge in [0.15, 0.2) is 0 Å². The summed E-state index contributed by atoms with van der Waals surface area (Å²) in [5, 5.41) is 6.62. The van der Waals surface area contributed by atoms with Crippen LogP contribution in [0.1, 0.15) is 22.9 Å². The Morgan fingerprint density at radius 2 is 2.31 bits per heavy atom. The Morgan fingerprint density at radius 1 is 1.50 bits per heavy atom. The second kappa shape index (κ2) is 4.84. The summed E-state index contributed by atoms with van der Waals surface area (Å²) in [6.45, 7) is 5.04. The fraction of sp³-hybridized carbons (Fsp3) is 0.364. The first kappa shape index (κ1) is 11.4. The number of nitrogens with one attached hydrogen (secondary N) is 1. The lowest BCUT2D eigenvalue weighted by Gasteiger charge is -2.04. The third-order valence-corrected chi connectivity index (χ3v) is 4.47. The van der Waals surface area contributed by atoms with Crippen LogP contribution in [0, 0.1) is 6.92 Å². The van der Waals surface area contributed by atoms with Gasteiger partial charge in [0.2, 0.25) is 0 Å². The molecule has 5 heteroatoms. The Bertz CT molecular complexity index is 473. The van der Waals surface area contributed by atoms with Crippen LogP contribution in [-0.4, -0.2) is 4.37 Å². The first-order valence-corrected chi connectivity index (χ1v) is 6.88. The molecule has 86 valence electrons. The Morgan fingerprint density at radius 3 is 2.94 bits per heavy atom. The summed E-state index contributed by atoms with van der Waals surface area (Å²) in [4.78, 5) is 1.40. The van der Waals surface area contributed by atoms with Gasteiger partial charge in [-0.3, -0.25) is 0 Å². The largest absolute Gasteiger partial charge is 0.383 e. The van der Waals surface area contributed by atoms with E-state index in [0.717, 1.165) is 23.5 Å². The van der Waals surface area contributed by atoms with Gasteiger partial charge < -0.3 is 11.1 Å². The quantitative estimate of drug-likeness (QED) is 0.879. The van der Waals surface area contributed by atoms with Crippen molar-refractivity contribution in [2.75, 3.05) is 11.1 Å². The number of aromatic nitrogens is 1. The van der Waals surface area contributed by atoms with Crippen LogP contribution in [0.3, 0.4) is 0 Å². The Balaban J connectivity index is 2.05. The zero-order chi connectivity index (χ0) is 11.5. The maximum atomic E-state index is 5.71. The Labute approximate surface area is 103 Å². The number of hydrogen-bond acceptors (Lipinski definition) is 5. The molecular formula is C11H15N3S2. The van der Waals surface area contributed by atoms with Gasteiger partial charge in [0.1, 0.15) is 10.8 Å². The highest BCUT2D eigenvalue weighted by atomic mass is 32.1. The molecular weight excluding hydrogens is 238 g/mol. The fourth-order valence-electron chi connectivity index (χ4n) is 1.51. The summed E-state index contributed by atoms with van der Waals surface area (Å²) >= 11 is 3.23. The monoisotopic (exact) mass is 253 g/mol. The Hall–Kier alpha value is -1.07. The first-order chi connectivity index (χ1) is 7.72. The molecule has 0 atom stereocenters. The van der Waals surface area contributed by atoms with E-state index in [1.165, 1.54) is 22.0 Å². The Kier molecular flexibility index (Phi) is 3.46. The molecule has 0 spiro atoms. The van der Waals surface area contributed by atoms with Crippen LogP contribution < -0.4 is 11.1 Å². The number of thiophene rings is 1. The zero-order valence-corrected chi connectivity index (χ0v) is 11.0. The van der Waals surface area contributed by atoms with Gasteiger partial charge in [-0.05, 0) is 41.9 Å². The average Bonchev–Trinajstić information content (AvgIpc) is 2.86. The molecule has 2 aromatic heterocycles. The van der Waals surface area contributed by atoms with Crippen molar-refractivity contribution >= 4 is 33.7 Å². The standard InChI is InChI=1S/C11H15N3S2/c1-3-8-4-5-15-9(8)6-13-11-7(2)10(12)14-16-11/h4-5,13H,3,6H2,1-2H3,(H2,12,14). The maximum absolute atomic E-state index is 5.71. The van der Waals surface area contributed by atoms with Crippen molar-refractivity contribution in [2.45, 2.75) is 26.8 Å². The van der Waals surface area contributed by atoms with Crippen molar-refractivity contribution in [1.29, 1.82) is 0 Å². The van der Waals surface area contributed by atoms with E-state index in [4.69, 9.17) is 5.73 Å². The van der Waals surface area contributed by atoms with Crippen LogP contribution in [0.5, 0.6) is 0 Å². The smallest absolute Gasteiger partial charge is 0.142 e. The van der Waals surface area contributed by atoms with Crippen molar-refractivity contribution in [1.82, 2.24) is 4.37 Å². The van der Waals surface area contributed by atoms with E-state index in [1.807, 2.05) is 6.92 Å². The molecule has 0 unspecified atom stereocenters. The molecule has 0 aliphatic rings. The molecule has 0 bridgehead atoms. The van der Waals surface area contributed by atoms with Crippen LogP contribution >= 0.6 is 22.9 Å². The summed E-state index contributed by atoms with van der Waals surface area (Å²) in [5.74, 6) is 0.634. The van der Waals surface area contributed by atoms with E-state index in [9.17, 15) is 0 Å². The number of hydrogen-bond donors (Lipinski definition) is 2. The van der Waals surface area contributed by atoms with Gasteiger partial charge in [0.05, 0.1) is 6.54 Å². The summed E-state index contributed by atoms with van der Waals surface area (Å²) in [5.41, 5.74) is 8.19. The van der Waals surface area contributed by atoms with E-state index in [2.05, 4.69) is 28.1 Å². The fourth-order valence-corrected chi connectivity index (χ4v) is 3.13. The lowest BCUT2D eigenvalue weighted by Crippen LogP contribution is -1.99. The van der Waals surface area contributed by atoms with E-state index < -0.39 is 0 Å². The number of nitrogens with two attached hydrogens (primary N) is 1. The van der Waals surface area contributed by atoms with Crippen molar-refractivity contribution in [3.63, 3.8) is 0 Å². The minimum Gasteiger partial charge on any atom is -0.383 e. The SMILES string of the molecule is CCc1ccsc1CNc1snc(N)c1C. The van der Waals surface area contributed by atoms with Crippen LogP contribution in [0.2, 0.25) is 0 Å². The molecule has 0 amide bonds. The van der Waals surface area contributed by atoms with E-state index in [-0.39, 0.29) is 0 Å². The van der Waals surface area contributed by atoms with Gasteiger partial charge in [-0.1, -0.05) is 6.92 Å². The first-order valence-electron chi connectivity index (χ1n) is 5.23. The number of nitrogen functional groups attached to an aromatic ring is 1. The molecule has 2 heterocycles. The van der Waals surface area contributed by atoms with Crippen LogP contribution in [0.15, 0.2) is 11.4 Å². The normalized spacial score (nSPS) is 10.6. The predicted octanol–water partition coefficient (Wildman–Crippen LogP) is 3.27. The maximum Gasteiger partial charge on any atom is 0.142 e. The van der Waals surface area contributed by atoms with Crippen molar-refractivity contribution in [2.24, 2.45) is 0 Å². The lowest BCUT2D eigenvalue weighted by atomic mass is 10.2. The van der Waals surface area contributed by atoms with Gasteiger partial charge in [-0.25, -0.2) is 0 Å². The summed E-state index contributed by atoms with van der Waals surface area (Å²) in [6, 6.07) is 2.19. The molecule has 16 heavy (non-hydrogen) atoms. The average molecular weight is 253 g/mol. The number of nitrogens with zero attached hydrogens (tertiary/aromatic N) is 1. The van der Waals surface area contributed by atoms with Crippen molar-refractivity contribution in [3.05, 3.63) is 27.5 Å². The second-order valence-corrected chi connectivity index (χ2v) is 5.37. The molecule has 0 saturated heterocycles. The van der Waals surface area contributed by atoms with Crippen molar-refractivity contribution < 1.29 is 0 Å². The third kappa shape index (κ3) is 2.20. The number of rotatable bonds is 4. The van der Waals surface area contributed by atoms with Gasteiger partial charge in [-0.15, -0.1) is 11.3 Å². The van der Waals surface area contributed by atoms with Gasteiger partial charge in [-0.2, -0.15) is 4.37 Å². The van der Waals surface area contributed by atoms with Crippen LogP contribution in [-0.2, 0) is 13.0 Å². The highest BCUT2D eigenvalue weighted by Gasteiger charge is 2.07. The predicted molar refractivity (Wildman–Crippen MR) is 72.3 cm³/mol. The molecule has 0 radical (unpaired) electrons. The summed E-state index contributed by atoms with van der Waals surface area (Å²) in [7, 11) is 0. The van der Waals surface area contributed by atoms with Crippen LogP contribution in [0.4, 0.5) is 10.8 Å². The topological polar surface area (TPSA) is 50.9 Å². The third-order valence-electron chi connectivity index (χ3n) is 2.59. The highest BCUT2D eigenvalue weighted by Crippen LogP contribution is 2.27. The molecule has 3 nitrogen and oxygen atoms in total. The van der Waals surface area contributed by atoms with Crippen molar-refractivity contribution in [3.8, 4) is 0 Å². The van der Waals surface area contributed by atoms with Crippen LogP contribution in [0.25, 0.3) is 0 Å². The van der Waals surface area contributed by atoms with Gasteiger partial charge >= 0.3 is 0 Å². The molecule has 0 saturated carbocycles. The number of anilines is 2. The van der Waals surface area contributed by atoms with E-state index >= 15 is 0 Å². The zero-order valence-electron chi connectivity index (χ0n) is 9.41. The lowest BCUT2D eigenvalue weighted by molar-refractivity contribution is 1.08. The minimum absolute atomic E-state index is 0.634. The molecule has 0 aliphatic heterocycles. The second-order valence-electron chi connectivity index (χ2n) is 3.60. The minimum atomic E-state index is 0.634.